The number of benzene rings is 1. The number of ether oxygens (including phenoxy) is 1. The van der Waals surface area contributed by atoms with Gasteiger partial charge in [0.1, 0.15) is 10.6 Å². The van der Waals surface area contributed by atoms with Crippen LogP contribution in [0.5, 0.6) is 0 Å². The van der Waals surface area contributed by atoms with Gasteiger partial charge in [0.2, 0.25) is 15.9 Å². The molecule has 0 radical (unpaired) electrons. The van der Waals surface area contributed by atoms with Crippen molar-refractivity contribution in [1.29, 1.82) is 0 Å². The van der Waals surface area contributed by atoms with Crippen LogP contribution in [-0.4, -0.2) is 49.4 Å². The van der Waals surface area contributed by atoms with E-state index in [1.165, 1.54) is 30.9 Å². The Morgan fingerprint density at radius 2 is 2.00 bits per heavy atom. The Labute approximate surface area is 162 Å². The smallest absolute Gasteiger partial charge is 0.354 e. The number of rotatable bonds is 7. The summed E-state index contributed by atoms with van der Waals surface area (Å²) in [6, 6.07) is 7.74. The van der Waals surface area contributed by atoms with Crippen LogP contribution in [-0.2, 0) is 26.6 Å². The summed E-state index contributed by atoms with van der Waals surface area (Å²) < 4.78 is 32.5. The first-order chi connectivity index (χ1) is 12.6. The van der Waals surface area contributed by atoms with Gasteiger partial charge in [0.05, 0.1) is 13.2 Å². The maximum Gasteiger partial charge on any atom is 0.354 e. The fourth-order valence-corrected chi connectivity index (χ4v) is 3.71. The number of likely N-dealkylation sites (N-methyl/N-ethyl adjacent to an activating group) is 1. The highest BCUT2D eigenvalue weighted by Crippen LogP contribution is 2.19. The third-order valence-corrected chi connectivity index (χ3v) is 5.65. The SMILES string of the molecule is CCOC(=O)c1cc(S(=O)(=O)N(C)CC(=O)Nc2cccc(Cl)c2)cn1C. The van der Waals surface area contributed by atoms with Crippen LogP contribution in [0.25, 0.3) is 0 Å². The minimum atomic E-state index is -3.97. The van der Waals surface area contributed by atoms with E-state index in [0.29, 0.717) is 10.7 Å². The van der Waals surface area contributed by atoms with Gasteiger partial charge < -0.3 is 14.6 Å². The van der Waals surface area contributed by atoms with E-state index >= 15 is 0 Å². The predicted octanol–water partition coefficient (Wildman–Crippen LogP) is 2.11. The first kappa shape index (κ1) is 20.9. The highest BCUT2D eigenvalue weighted by Gasteiger charge is 2.26. The Morgan fingerprint density at radius 3 is 2.63 bits per heavy atom. The second-order valence-corrected chi connectivity index (χ2v) is 8.19. The van der Waals surface area contributed by atoms with Crippen LogP contribution < -0.4 is 5.32 Å². The number of amides is 1. The Bertz CT molecular complexity index is 955. The van der Waals surface area contributed by atoms with Gasteiger partial charge in [-0.3, -0.25) is 4.79 Å². The molecule has 0 atom stereocenters. The molecule has 1 heterocycles. The van der Waals surface area contributed by atoms with Gasteiger partial charge in [-0.1, -0.05) is 17.7 Å². The maximum absolute atomic E-state index is 12.7. The summed E-state index contributed by atoms with van der Waals surface area (Å²) in [6.07, 6.45) is 1.30. The van der Waals surface area contributed by atoms with Crippen molar-refractivity contribution < 1.29 is 22.7 Å². The molecule has 0 unspecified atom stereocenters. The summed E-state index contributed by atoms with van der Waals surface area (Å²) >= 11 is 5.85. The van der Waals surface area contributed by atoms with Crippen LogP contribution in [0.3, 0.4) is 0 Å². The average Bonchev–Trinajstić information content (AvgIpc) is 2.97. The molecule has 0 fully saturated rings. The minimum absolute atomic E-state index is 0.104. The standard InChI is InChI=1S/C17H20ClN3O5S/c1-4-26-17(23)15-9-14(10-20(15)2)27(24,25)21(3)11-16(22)19-13-7-5-6-12(18)8-13/h5-10H,4,11H2,1-3H3,(H,19,22). The molecule has 2 aromatic rings. The molecule has 2 rings (SSSR count). The Balaban J connectivity index is 2.13. The zero-order valence-electron chi connectivity index (χ0n) is 15.1. The topological polar surface area (TPSA) is 97.7 Å². The zero-order valence-corrected chi connectivity index (χ0v) is 16.7. The van der Waals surface area contributed by atoms with Crippen molar-refractivity contribution >= 4 is 39.2 Å². The highest BCUT2D eigenvalue weighted by molar-refractivity contribution is 7.89. The number of carbonyl (C=O) groups excluding carboxylic acids is 2. The van der Waals surface area contributed by atoms with Crippen molar-refractivity contribution in [2.75, 3.05) is 25.5 Å². The molecule has 27 heavy (non-hydrogen) atoms. The van der Waals surface area contributed by atoms with Gasteiger partial charge in [0, 0.05) is 31.0 Å². The lowest BCUT2D eigenvalue weighted by Crippen LogP contribution is -2.34. The first-order valence-electron chi connectivity index (χ1n) is 8.00. The molecule has 1 aromatic heterocycles. The van der Waals surface area contributed by atoms with Crippen LogP contribution in [0.1, 0.15) is 17.4 Å². The summed E-state index contributed by atoms with van der Waals surface area (Å²) in [5, 5.41) is 3.03. The van der Waals surface area contributed by atoms with E-state index < -0.39 is 28.4 Å². The minimum Gasteiger partial charge on any atom is -0.461 e. The summed E-state index contributed by atoms with van der Waals surface area (Å²) in [7, 11) is -1.15. The van der Waals surface area contributed by atoms with Crippen LogP contribution >= 0.6 is 11.6 Å². The molecule has 0 bridgehead atoms. The Morgan fingerprint density at radius 1 is 1.30 bits per heavy atom. The zero-order chi connectivity index (χ0) is 20.2. The van der Waals surface area contributed by atoms with E-state index in [-0.39, 0.29) is 17.2 Å². The molecule has 146 valence electrons. The largest absolute Gasteiger partial charge is 0.461 e. The quantitative estimate of drug-likeness (QED) is 0.701. The van der Waals surface area contributed by atoms with Crippen molar-refractivity contribution in [2.45, 2.75) is 11.8 Å². The van der Waals surface area contributed by atoms with Crippen LogP contribution in [0.4, 0.5) is 5.69 Å². The molecule has 0 aliphatic carbocycles. The number of esters is 1. The summed E-state index contributed by atoms with van der Waals surface area (Å²) in [5.74, 6) is -1.15. The molecule has 8 nitrogen and oxygen atoms in total. The predicted molar refractivity (Wildman–Crippen MR) is 101 cm³/mol. The van der Waals surface area contributed by atoms with Crippen LogP contribution in [0, 0.1) is 0 Å². The third kappa shape index (κ3) is 5.09. The number of carbonyl (C=O) groups is 2. The normalized spacial score (nSPS) is 11.4. The number of halogens is 1. The lowest BCUT2D eigenvalue weighted by atomic mass is 10.3. The average molecular weight is 414 g/mol. The molecule has 0 aliphatic rings. The van der Waals surface area contributed by atoms with Crippen molar-refractivity contribution in [3.63, 3.8) is 0 Å². The summed E-state index contributed by atoms with van der Waals surface area (Å²) in [5.41, 5.74) is 0.565. The molecule has 0 saturated carbocycles. The van der Waals surface area contributed by atoms with Crippen molar-refractivity contribution in [3.05, 3.63) is 47.2 Å². The van der Waals surface area contributed by atoms with E-state index in [0.717, 1.165) is 4.31 Å². The van der Waals surface area contributed by atoms with Crippen LogP contribution in [0.15, 0.2) is 41.4 Å². The van der Waals surface area contributed by atoms with Crippen molar-refractivity contribution in [2.24, 2.45) is 7.05 Å². The molecule has 1 N–H and O–H groups in total. The molecular weight excluding hydrogens is 394 g/mol. The maximum atomic E-state index is 12.7. The van der Waals surface area contributed by atoms with Gasteiger partial charge in [0.25, 0.3) is 0 Å². The monoisotopic (exact) mass is 413 g/mol. The molecule has 1 amide bonds. The van der Waals surface area contributed by atoms with Gasteiger partial charge in [-0.2, -0.15) is 4.31 Å². The van der Waals surface area contributed by atoms with E-state index in [9.17, 15) is 18.0 Å². The van der Waals surface area contributed by atoms with E-state index in [1.807, 2.05) is 0 Å². The highest BCUT2D eigenvalue weighted by atomic mass is 35.5. The lowest BCUT2D eigenvalue weighted by Gasteiger charge is -2.16. The van der Waals surface area contributed by atoms with E-state index in [2.05, 4.69) is 5.32 Å². The second-order valence-electron chi connectivity index (χ2n) is 5.71. The number of sulfonamides is 1. The summed E-state index contributed by atoms with van der Waals surface area (Å²) in [6.45, 7) is 1.43. The molecular formula is C17H20ClN3O5S. The van der Waals surface area contributed by atoms with Gasteiger partial charge >= 0.3 is 5.97 Å². The number of aryl methyl sites for hydroxylation is 1. The Hall–Kier alpha value is -2.36. The van der Waals surface area contributed by atoms with E-state index in [1.54, 1.807) is 31.2 Å². The molecule has 0 saturated heterocycles. The molecule has 0 spiro atoms. The van der Waals surface area contributed by atoms with Gasteiger partial charge in [-0.25, -0.2) is 13.2 Å². The Kier molecular flexibility index (Phi) is 6.63. The molecule has 0 aliphatic heterocycles. The molecule has 10 heteroatoms. The number of hydrogen-bond donors (Lipinski definition) is 1. The third-order valence-electron chi connectivity index (χ3n) is 3.65. The lowest BCUT2D eigenvalue weighted by molar-refractivity contribution is -0.116. The van der Waals surface area contributed by atoms with E-state index in [4.69, 9.17) is 16.3 Å². The number of anilines is 1. The van der Waals surface area contributed by atoms with Gasteiger partial charge in [-0.15, -0.1) is 0 Å². The van der Waals surface area contributed by atoms with Gasteiger partial charge in [-0.05, 0) is 31.2 Å². The van der Waals surface area contributed by atoms with Crippen molar-refractivity contribution in [3.8, 4) is 0 Å². The van der Waals surface area contributed by atoms with Crippen molar-refractivity contribution in [1.82, 2.24) is 8.87 Å². The molecule has 1 aromatic carbocycles. The number of hydrogen-bond acceptors (Lipinski definition) is 5. The van der Waals surface area contributed by atoms with Crippen LogP contribution in [0.2, 0.25) is 5.02 Å². The first-order valence-corrected chi connectivity index (χ1v) is 9.82. The number of nitrogens with zero attached hydrogens (tertiary/aromatic N) is 2. The number of nitrogens with one attached hydrogen (secondary N) is 1. The summed E-state index contributed by atoms with van der Waals surface area (Å²) in [4.78, 5) is 23.9. The number of aromatic nitrogens is 1. The van der Waals surface area contributed by atoms with Gasteiger partial charge in [0.15, 0.2) is 0 Å². The second kappa shape index (κ2) is 8.55. The fourth-order valence-electron chi connectivity index (χ4n) is 2.32. The fraction of sp³-hybridized carbons (Fsp3) is 0.294.